The lowest BCUT2D eigenvalue weighted by molar-refractivity contribution is -0.138. The number of hydrogen-bond acceptors (Lipinski definition) is 4. The molecule has 0 spiro atoms. The molecule has 1 fully saturated rings. The molecule has 0 amide bonds. The van der Waals surface area contributed by atoms with Crippen LogP contribution in [0.15, 0.2) is 0 Å². The summed E-state index contributed by atoms with van der Waals surface area (Å²) in [5, 5.41) is 26.5. The summed E-state index contributed by atoms with van der Waals surface area (Å²) in [6, 6.07) is 0. The number of halogens is 1. The van der Waals surface area contributed by atoms with E-state index in [0.717, 1.165) is 0 Å². The van der Waals surface area contributed by atoms with Gasteiger partial charge in [-0.2, -0.15) is 0 Å². The van der Waals surface area contributed by atoms with E-state index in [0.29, 0.717) is 6.61 Å². The molecule has 65 valence electrons. The molecule has 4 atom stereocenters. The van der Waals surface area contributed by atoms with Gasteiger partial charge in [-0.05, 0) is 6.92 Å². The second-order valence-corrected chi connectivity index (χ2v) is 2.63. The van der Waals surface area contributed by atoms with Gasteiger partial charge in [0.25, 0.3) is 5.85 Å². The van der Waals surface area contributed by atoms with Gasteiger partial charge in [-0.1, -0.05) is 0 Å². The van der Waals surface area contributed by atoms with Crippen molar-refractivity contribution < 1.29 is 24.4 Å². The van der Waals surface area contributed by atoms with Crippen LogP contribution in [0.3, 0.4) is 0 Å². The van der Waals surface area contributed by atoms with Crippen molar-refractivity contribution in [2.24, 2.45) is 0 Å². The third-order valence-electron chi connectivity index (χ3n) is 1.59. The van der Waals surface area contributed by atoms with E-state index in [2.05, 4.69) is 4.74 Å². The Balaban J connectivity index is 2.63. The van der Waals surface area contributed by atoms with Crippen molar-refractivity contribution in [1.82, 2.24) is 0 Å². The number of rotatable bonds is 1. The highest BCUT2D eigenvalue weighted by atomic mass is 19.2. The highest BCUT2D eigenvalue weighted by Gasteiger charge is 2.50. The normalized spacial score (nSPS) is 47.7. The molecular weight excluding hydrogens is 155 g/mol. The maximum atomic E-state index is 12.6. The fourth-order valence-corrected chi connectivity index (χ4v) is 0.926. The summed E-state index contributed by atoms with van der Waals surface area (Å²) in [5.74, 6) is -2.85. The van der Waals surface area contributed by atoms with Gasteiger partial charge in [0.15, 0.2) is 6.61 Å². The van der Waals surface area contributed by atoms with Gasteiger partial charge in [0, 0.05) is 0 Å². The quantitative estimate of drug-likeness (QED) is 0.463. The number of alkyl halides is 1. The van der Waals surface area contributed by atoms with E-state index < -0.39 is 24.2 Å². The molecule has 1 radical (unpaired) electrons. The van der Waals surface area contributed by atoms with Crippen LogP contribution in [0.2, 0.25) is 0 Å². The smallest absolute Gasteiger partial charge is 0.264 e. The Morgan fingerprint density at radius 1 is 1.73 bits per heavy atom. The van der Waals surface area contributed by atoms with E-state index in [-0.39, 0.29) is 0 Å². The van der Waals surface area contributed by atoms with Crippen LogP contribution >= 0.6 is 0 Å². The molecule has 5 heteroatoms. The standard InChI is InChI=1S/C6H10FO4/c1-3(8)4-5(9)6(7,10)2-11-4/h2-5,8-10H,1H3/t3?,4-,5-,6-/m0/s1. The second-order valence-electron chi connectivity index (χ2n) is 2.63. The number of hydrogen-bond donors (Lipinski definition) is 3. The van der Waals surface area contributed by atoms with Crippen molar-refractivity contribution >= 4 is 0 Å². The van der Waals surface area contributed by atoms with Crippen molar-refractivity contribution in [1.29, 1.82) is 0 Å². The summed E-state index contributed by atoms with van der Waals surface area (Å²) in [7, 11) is 0. The molecule has 1 heterocycles. The summed E-state index contributed by atoms with van der Waals surface area (Å²) >= 11 is 0. The first-order valence-electron chi connectivity index (χ1n) is 3.22. The number of ether oxygens (including phenoxy) is 1. The first kappa shape index (κ1) is 8.86. The van der Waals surface area contributed by atoms with E-state index >= 15 is 0 Å². The average molecular weight is 165 g/mol. The topological polar surface area (TPSA) is 69.9 Å². The highest BCUT2D eigenvalue weighted by Crippen LogP contribution is 2.30. The SMILES string of the molecule is CC(O)[C@@H]1O[CH][C@@](O)(F)[C@H]1O. The van der Waals surface area contributed by atoms with Gasteiger partial charge in [0.05, 0.1) is 6.10 Å². The molecule has 0 aromatic carbocycles. The molecule has 1 rings (SSSR count). The fourth-order valence-electron chi connectivity index (χ4n) is 0.926. The molecule has 3 N–H and O–H groups in total. The molecule has 1 saturated heterocycles. The summed E-state index contributed by atoms with van der Waals surface area (Å²) in [4.78, 5) is 0. The van der Waals surface area contributed by atoms with Crippen molar-refractivity contribution in [3.05, 3.63) is 6.61 Å². The highest BCUT2D eigenvalue weighted by molar-refractivity contribution is 4.98. The van der Waals surface area contributed by atoms with Crippen LogP contribution in [-0.2, 0) is 4.74 Å². The average Bonchev–Trinajstić information content (AvgIpc) is 2.09. The van der Waals surface area contributed by atoms with E-state index in [1.165, 1.54) is 6.92 Å². The zero-order chi connectivity index (χ0) is 8.65. The molecule has 0 aliphatic carbocycles. The lowest BCUT2D eigenvalue weighted by Gasteiger charge is -2.19. The zero-order valence-electron chi connectivity index (χ0n) is 5.94. The largest absolute Gasteiger partial charge is 0.391 e. The molecule has 1 aliphatic heterocycles. The Hall–Kier alpha value is -0.230. The maximum absolute atomic E-state index is 12.6. The Bertz CT molecular complexity index is 148. The van der Waals surface area contributed by atoms with E-state index in [9.17, 15) is 4.39 Å². The van der Waals surface area contributed by atoms with Crippen molar-refractivity contribution in [2.45, 2.75) is 31.1 Å². The lowest BCUT2D eigenvalue weighted by atomic mass is 10.1. The van der Waals surface area contributed by atoms with E-state index in [4.69, 9.17) is 15.3 Å². The Morgan fingerprint density at radius 3 is 2.45 bits per heavy atom. The summed E-state index contributed by atoms with van der Waals surface area (Å²) < 4.78 is 17.1. The molecule has 4 nitrogen and oxygen atoms in total. The minimum absolute atomic E-state index is 0.481. The van der Waals surface area contributed by atoms with Crippen LogP contribution in [0.1, 0.15) is 6.92 Å². The summed E-state index contributed by atoms with van der Waals surface area (Å²) in [6.45, 7) is 1.82. The van der Waals surface area contributed by atoms with Gasteiger partial charge in [-0.25, -0.2) is 4.39 Å². The molecule has 0 saturated carbocycles. The van der Waals surface area contributed by atoms with E-state index in [1.54, 1.807) is 0 Å². The van der Waals surface area contributed by atoms with Crippen molar-refractivity contribution in [3.8, 4) is 0 Å². The molecule has 1 aliphatic rings. The molecule has 11 heavy (non-hydrogen) atoms. The third-order valence-corrected chi connectivity index (χ3v) is 1.59. The van der Waals surface area contributed by atoms with Crippen LogP contribution in [0.5, 0.6) is 0 Å². The first-order chi connectivity index (χ1) is 4.95. The first-order valence-corrected chi connectivity index (χ1v) is 3.22. The Labute approximate surface area is 63.2 Å². The van der Waals surface area contributed by atoms with Crippen LogP contribution < -0.4 is 0 Å². The number of aliphatic hydroxyl groups is 3. The van der Waals surface area contributed by atoms with E-state index in [1.807, 2.05) is 0 Å². The maximum Gasteiger partial charge on any atom is 0.264 e. The van der Waals surface area contributed by atoms with Crippen molar-refractivity contribution in [3.63, 3.8) is 0 Å². The minimum atomic E-state index is -2.85. The molecule has 1 unspecified atom stereocenters. The van der Waals surface area contributed by atoms with Crippen molar-refractivity contribution in [2.75, 3.05) is 0 Å². The van der Waals surface area contributed by atoms with Gasteiger partial charge in [-0.15, -0.1) is 0 Å². The van der Waals surface area contributed by atoms with Gasteiger partial charge in [0.1, 0.15) is 12.2 Å². The van der Waals surface area contributed by atoms with Crippen LogP contribution in [-0.4, -0.2) is 39.5 Å². The number of aliphatic hydroxyl groups excluding tert-OH is 2. The lowest BCUT2D eigenvalue weighted by Crippen LogP contribution is -2.42. The van der Waals surface area contributed by atoms with Crippen LogP contribution in [0.4, 0.5) is 4.39 Å². The third kappa shape index (κ3) is 1.51. The van der Waals surface area contributed by atoms with Crippen LogP contribution in [0, 0.1) is 6.61 Å². The van der Waals surface area contributed by atoms with Gasteiger partial charge >= 0.3 is 0 Å². The van der Waals surface area contributed by atoms with Crippen LogP contribution in [0.25, 0.3) is 0 Å². The van der Waals surface area contributed by atoms with Gasteiger partial charge < -0.3 is 20.1 Å². The Morgan fingerprint density at radius 2 is 2.27 bits per heavy atom. The van der Waals surface area contributed by atoms with Gasteiger partial charge in [0.2, 0.25) is 0 Å². The zero-order valence-corrected chi connectivity index (χ0v) is 5.94. The summed E-state index contributed by atoms with van der Waals surface area (Å²) in [5.41, 5.74) is 0. The summed E-state index contributed by atoms with van der Waals surface area (Å²) in [6.07, 6.45) is -3.83. The second kappa shape index (κ2) is 2.67. The van der Waals surface area contributed by atoms with Gasteiger partial charge in [-0.3, -0.25) is 0 Å². The molecular formula is C6H10FO4. The monoisotopic (exact) mass is 165 g/mol. The molecule has 0 bridgehead atoms. The molecule has 0 aromatic heterocycles. The predicted octanol–water partition coefficient (Wildman–Crippen LogP) is -1.05. The fraction of sp³-hybridized carbons (Fsp3) is 0.833. The predicted molar refractivity (Wildman–Crippen MR) is 32.9 cm³/mol. The Kier molecular flexibility index (Phi) is 2.15. The minimum Gasteiger partial charge on any atom is -0.391 e. The molecule has 0 aromatic rings.